The van der Waals surface area contributed by atoms with E-state index in [2.05, 4.69) is 14.8 Å². The highest BCUT2D eigenvalue weighted by Crippen LogP contribution is 2.38. The normalized spacial score (nSPS) is 27.5. The highest BCUT2D eigenvalue weighted by atomic mass is 35.5. The fourth-order valence-corrected chi connectivity index (χ4v) is 4.98. The summed E-state index contributed by atoms with van der Waals surface area (Å²) in [4.78, 5) is 21.4. The Bertz CT molecular complexity index is 601. The Morgan fingerprint density at radius 2 is 1.83 bits per heavy atom. The molecule has 130 valence electrons. The van der Waals surface area contributed by atoms with Crippen LogP contribution in [0.4, 0.5) is 11.4 Å². The van der Waals surface area contributed by atoms with Gasteiger partial charge in [0.25, 0.3) is 0 Å². The Kier molecular flexibility index (Phi) is 4.29. The number of aromatic nitrogens is 1. The Morgan fingerprint density at radius 3 is 2.42 bits per heavy atom. The van der Waals surface area contributed by atoms with Crippen molar-refractivity contribution in [2.45, 2.75) is 44.6 Å². The van der Waals surface area contributed by atoms with Gasteiger partial charge in [0, 0.05) is 37.8 Å². The van der Waals surface area contributed by atoms with Gasteiger partial charge in [0.05, 0.1) is 22.6 Å². The monoisotopic (exact) mass is 348 g/mol. The highest BCUT2D eigenvalue weighted by molar-refractivity contribution is 6.33. The van der Waals surface area contributed by atoms with Gasteiger partial charge in [-0.1, -0.05) is 11.6 Å². The molecule has 0 radical (unpaired) electrons. The van der Waals surface area contributed by atoms with Gasteiger partial charge in [-0.2, -0.15) is 0 Å². The smallest absolute Gasteiger partial charge is 0.226 e. The van der Waals surface area contributed by atoms with E-state index in [-0.39, 0.29) is 5.92 Å². The molecule has 1 aliphatic carbocycles. The van der Waals surface area contributed by atoms with Crippen LogP contribution in [0.15, 0.2) is 12.4 Å². The van der Waals surface area contributed by atoms with Crippen LogP contribution >= 0.6 is 11.6 Å². The summed E-state index contributed by atoms with van der Waals surface area (Å²) < 4.78 is 0. The van der Waals surface area contributed by atoms with E-state index in [1.807, 2.05) is 0 Å². The molecular weight excluding hydrogens is 324 g/mol. The van der Waals surface area contributed by atoms with Crippen molar-refractivity contribution in [2.75, 3.05) is 30.3 Å². The van der Waals surface area contributed by atoms with Gasteiger partial charge in [0.1, 0.15) is 0 Å². The number of fused-ring (bicyclic) bond motifs is 3. The predicted molar refractivity (Wildman–Crippen MR) is 96.1 cm³/mol. The maximum atomic E-state index is 13.0. The molecule has 3 aliphatic heterocycles. The zero-order valence-corrected chi connectivity index (χ0v) is 14.7. The Hall–Kier alpha value is -1.49. The molecule has 24 heavy (non-hydrogen) atoms. The second-order valence-electron chi connectivity index (χ2n) is 7.49. The minimum absolute atomic E-state index is 0.155. The molecule has 1 amide bonds. The zero-order chi connectivity index (χ0) is 16.7. The summed E-state index contributed by atoms with van der Waals surface area (Å²) in [5.41, 5.74) is 7.52. The predicted octanol–water partition coefficient (Wildman–Crippen LogP) is 2.93. The molecule has 4 aliphatic rings. The third-order valence-corrected chi connectivity index (χ3v) is 6.33. The quantitative estimate of drug-likeness (QED) is 0.892. The molecule has 1 saturated carbocycles. The molecule has 2 bridgehead atoms. The summed E-state index contributed by atoms with van der Waals surface area (Å²) in [5, 5.41) is 0.591. The Labute approximate surface area is 148 Å². The number of halogens is 1. The van der Waals surface area contributed by atoms with Gasteiger partial charge in [-0.3, -0.25) is 9.78 Å². The first-order valence-corrected chi connectivity index (χ1v) is 9.45. The Balaban J connectivity index is 1.40. The van der Waals surface area contributed by atoms with Crippen molar-refractivity contribution in [3.8, 4) is 0 Å². The van der Waals surface area contributed by atoms with E-state index in [1.54, 1.807) is 12.4 Å². The van der Waals surface area contributed by atoms with Gasteiger partial charge in [0.15, 0.2) is 0 Å². The average Bonchev–Trinajstić information content (AvgIpc) is 2.62. The third-order valence-electron chi connectivity index (χ3n) is 6.06. The molecule has 5 nitrogen and oxygen atoms in total. The number of carbonyl (C=O) groups is 1. The van der Waals surface area contributed by atoms with Gasteiger partial charge in [-0.25, -0.2) is 0 Å². The molecule has 1 aromatic heterocycles. The van der Waals surface area contributed by atoms with E-state index in [0.29, 0.717) is 22.7 Å². The molecule has 2 N–H and O–H groups in total. The standard InChI is InChI=1S/C18H25ClN4O/c19-15-9-21-10-16(20)17(15)22-7-5-13(6-8-22)18(24)23-11-12-1-3-14(23)4-2-12/h9-10,12-14H,1-8,11,20H2. The molecule has 0 unspecified atom stereocenters. The van der Waals surface area contributed by atoms with Crippen molar-refractivity contribution in [1.29, 1.82) is 0 Å². The lowest BCUT2D eigenvalue weighted by atomic mass is 9.79. The Morgan fingerprint density at radius 1 is 1.12 bits per heavy atom. The fourth-order valence-electron chi connectivity index (χ4n) is 4.70. The van der Waals surface area contributed by atoms with Gasteiger partial charge >= 0.3 is 0 Å². The average molecular weight is 349 g/mol. The first-order valence-electron chi connectivity index (χ1n) is 9.08. The van der Waals surface area contributed by atoms with E-state index >= 15 is 0 Å². The second kappa shape index (κ2) is 6.43. The fraction of sp³-hybridized carbons (Fsp3) is 0.667. The molecule has 3 saturated heterocycles. The van der Waals surface area contributed by atoms with Crippen LogP contribution in [-0.4, -0.2) is 41.5 Å². The van der Waals surface area contributed by atoms with Gasteiger partial charge in [0.2, 0.25) is 5.91 Å². The molecule has 0 spiro atoms. The molecular formula is C18H25ClN4O. The summed E-state index contributed by atoms with van der Waals surface area (Å²) in [7, 11) is 0. The van der Waals surface area contributed by atoms with Crippen molar-refractivity contribution >= 4 is 28.9 Å². The van der Waals surface area contributed by atoms with Crippen molar-refractivity contribution < 1.29 is 4.79 Å². The zero-order valence-electron chi connectivity index (χ0n) is 14.0. The number of piperidine rings is 3. The van der Waals surface area contributed by atoms with Crippen LogP contribution in [0.2, 0.25) is 5.02 Å². The summed E-state index contributed by atoms with van der Waals surface area (Å²) in [6, 6.07) is 0.505. The van der Waals surface area contributed by atoms with E-state index in [4.69, 9.17) is 17.3 Å². The first kappa shape index (κ1) is 16.0. The summed E-state index contributed by atoms with van der Waals surface area (Å²) >= 11 is 6.27. The largest absolute Gasteiger partial charge is 0.396 e. The number of nitrogen functional groups attached to an aromatic ring is 1. The van der Waals surface area contributed by atoms with Crippen LogP contribution in [0, 0.1) is 11.8 Å². The lowest BCUT2D eigenvalue weighted by Gasteiger charge is -2.47. The summed E-state index contributed by atoms with van der Waals surface area (Å²) in [5.74, 6) is 1.29. The number of nitrogens with zero attached hydrogens (tertiary/aromatic N) is 3. The first-order chi connectivity index (χ1) is 11.6. The van der Waals surface area contributed by atoms with Crippen LogP contribution < -0.4 is 10.6 Å². The van der Waals surface area contributed by atoms with Crippen LogP contribution in [0.3, 0.4) is 0 Å². The molecule has 0 atom stereocenters. The number of nitrogens with two attached hydrogens (primary N) is 1. The maximum Gasteiger partial charge on any atom is 0.226 e. The number of carbonyl (C=O) groups excluding carboxylic acids is 1. The molecule has 5 rings (SSSR count). The molecule has 0 aromatic carbocycles. The van der Waals surface area contributed by atoms with Crippen LogP contribution in [0.25, 0.3) is 0 Å². The number of amides is 1. The molecule has 4 fully saturated rings. The molecule has 1 aromatic rings. The molecule has 4 heterocycles. The lowest BCUT2D eigenvalue weighted by Crippen LogP contribution is -2.53. The van der Waals surface area contributed by atoms with Crippen molar-refractivity contribution in [2.24, 2.45) is 11.8 Å². The topological polar surface area (TPSA) is 62.5 Å². The van der Waals surface area contributed by atoms with Crippen molar-refractivity contribution in [3.63, 3.8) is 0 Å². The molecule has 6 heteroatoms. The van der Waals surface area contributed by atoms with Crippen LogP contribution in [0.5, 0.6) is 0 Å². The van der Waals surface area contributed by atoms with Crippen molar-refractivity contribution in [1.82, 2.24) is 9.88 Å². The lowest BCUT2D eigenvalue weighted by molar-refractivity contribution is -0.143. The van der Waals surface area contributed by atoms with E-state index in [9.17, 15) is 4.79 Å². The third kappa shape index (κ3) is 2.83. The summed E-state index contributed by atoms with van der Waals surface area (Å²) in [6.45, 7) is 2.64. The SMILES string of the molecule is Nc1cncc(Cl)c1N1CCC(C(=O)N2CC3CCC2CC3)CC1. The van der Waals surface area contributed by atoms with Crippen LogP contribution in [0.1, 0.15) is 38.5 Å². The second-order valence-corrected chi connectivity index (χ2v) is 7.89. The van der Waals surface area contributed by atoms with E-state index in [0.717, 1.165) is 44.1 Å². The van der Waals surface area contributed by atoms with E-state index < -0.39 is 0 Å². The number of anilines is 2. The van der Waals surface area contributed by atoms with Gasteiger partial charge < -0.3 is 15.5 Å². The maximum absolute atomic E-state index is 13.0. The number of pyridine rings is 1. The van der Waals surface area contributed by atoms with Crippen LogP contribution in [-0.2, 0) is 4.79 Å². The van der Waals surface area contributed by atoms with E-state index in [1.165, 1.54) is 25.7 Å². The van der Waals surface area contributed by atoms with Gasteiger partial charge in [-0.05, 0) is 44.4 Å². The number of rotatable bonds is 2. The minimum atomic E-state index is 0.155. The number of hydrogen-bond donors (Lipinski definition) is 1. The van der Waals surface area contributed by atoms with Gasteiger partial charge in [-0.15, -0.1) is 0 Å². The minimum Gasteiger partial charge on any atom is -0.396 e. The number of hydrogen-bond acceptors (Lipinski definition) is 4. The van der Waals surface area contributed by atoms with Crippen molar-refractivity contribution in [3.05, 3.63) is 17.4 Å². The summed E-state index contributed by atoms with van der Waals surface area (Å²) in [6.07, 6.45) is 10.1. The highest BCUT2D eigenvalue weighted by Gasteiger charge is 2.39.